The van der Waals surface area contributed by atoms with Crippen LogP contribution in [0.15, 0.2) is 24.5 Å². The minimum absolute atomic E-state index is 0.206. The zero-order chi connectivity index (χ0) is 14.1. The molecule has 2 aromatic heterocycles. The van der Waals surface area contributed by atoms with Gasteiger partial charge in [0.15, 0.2) is 0 Å². The molecule has 3 heterocycles. The Hall–Kier alpha value is -1.84. The van der Waals surface area contributed by atoms with Gasteiger partial charge in [0.05, 0.1) is 12.1 Å². The van der Waals surface area contributed by atoms with E-state index in [0.717, 1.165) is 43.2 Å². The van der Waals surface area contributed by atoms with Crippen molar-refractivity contribution in [1.82, 2.24) is 14.3 Å². The lowest BCUT2D eigenvalue weighted by Gasteiger charge is -2.30. The van der Waals surface area contributed by atoms with E-state index in [4.69, 9.17) is 0 Å². The number of aryl methyl sites for hydroxylation is 1. The molecule has 1 fully saturated rings. The summed E-state index contributed by atoms with van der Waals surface area (Å²) in [4.78, 5) is 18.8. The first-order valence-electron chi connectivity index (χ1n) is 7.34. The summed E-state index contributed by atoms with van der Waals surface area (Å²) >= 11 is 0. The van der Waals surface area contributed by atoms with E-state index in [1.165, 1.54) is 5.56 Å². The fraction of sp³-hybridized carbons (Fsp3) is 0.500. The molecule has 1 saturated heterocycles. The Kier molecular flexibility index (Phi) is 3.47. The van der Waals surface area contributed by atoms with Crippen LogP contribution >= 0.6 is 0 Å². The molecule has 0 bridgehead atoms. The van der Waals surface area contributed by atoms with Gasteiger partial charge < -0.3 is 9.30 Å². The molecule has 4 nitrogen and oxygen atoms in total. The summed E-state index contributed by atoms with van der Waals surface area (Å²) in [7, 11) is 0. The first-order chi connectivity index (χ1) is 9.61. The molecule has 0 spiro atoms. The third-order valence-corrected chi connectivity index (χ3v) is 4.13. The average molecular weight is 271 g/mol. The minimum atomic E-state index is 0.206. The summed E-state index contributed by atoms with van der Waals surface area (Å²) in [6, 6.07) is 4.09. The topological polar surface area (TPSA) is 37.6 Å². The van der Waals surface area contributed by atoms with Crippen molar-refractivity contribution in [2.24, 2.45) is 5.92 Å². The molecule has 0 saturated carbocycles. The van der Waals surface area contributed by atoms with Crippen LogP contribution in [0.5, 0.6) is 0 Å². The van der Waals surface area contributed by atoms with Crippen LogP contribution in [0.2, 0.25) is 0 Å². The molecule has 2 aromatic rings. The molecular weight excluding hydrogens is 250 g/mol. The molecular formula is C16H21N3O. The summed E-state index contributed by atoms with van der Waals surface area (Å²) in [5.74, 6) is 0.953. The van der Waals surface area contributed by atoms with Gasteiger partial charge in [-0.2, -0.15) is 0 Å². The van der Waals surface area contributed by atoms with E-state index in [0.29, 0.717) is 6.42 Å². The lowest BCUT2D eigenvalue weighted by molar-refractivity contribution is -0.131. The molecule has 0 N–H and O–H groups in total. The Morgan fingerprint density at radius 1 is 1.40 bits per heavy atom. The van der Waals surface area contributed by atoms with Gasteiger partial charge in [0.2, 0.25) is 5.91 Å². The van der Waals surface area contributed by atoms with Gasteiger partial charge in [-0.15, -0.1) is 0 Å². The Morgan fingerprint density at radius 3 is 2.90 bits per heavy atom. The van der Waals surface area contributed by atoms with E-state index in [9.17, 15) is 4.79 Å². The monoisotopic (exact) mass is 271 g/mol. The van der Waals surface area contributed by atoms with E-state index < -0.39 is 0 Å². The lowest BCUT2D eigenvalue weighted by Crippen LogP contribution is -2.38. The van der Waals surface area contributed by atoms with Gasteiger partial charge in [-0.25, -0.2) is 4.98 Å². The summed E-state index contributed by atoms with van der Waals surface area (Å²) in [6.07, 6.45) is 6.61. The standard InChI is InChI=1S/C16H21N3O/c1-12-3-6-18(7-4-12)16(20)10-14-11-19-8-5-13(2)9-15(19)17-14/h5,8-9,11-12H,3-4,6-7,10H2,1-2H3. The summed E-state index contributed by atoms with van der Waals surface area (Å²) < 4.78 is 1.98. The number of carbonyl (C=O) groups is 1. The molecule has 106 valence electrons. The Balaban J connectivity index is 1.71. The van der Waals surface area contributed by atoms with Gasteiger partial charge in [0, 0.05) is 25.5 Å². The van der Waals surface area contributed by atoms with Crippen molar-refractivity contribution in [1.29, 1.82) is 0 Å². The highest BCUT2D eigenvalue weighted by Gasteiger charge is 2.21. The second-order valence-corrected chi connectivity index (χ2v) is 5.94. The van der Waals surface area contributed by atoms with Crippen molar-refractivity contribution < 1.29 is 4.79 Å². The van der Waals surface area contributed by atoms with Crippen LogP contribution in [-0.4, -0.2) is 33.3 Å². The summed E-state index contributed by atoms with van der Waals surface area (Å²) in [6.45, 7) is 6.10. The van der Waals surface area contributed by atoms with Crippen LogP contribution in [0, 0.1) is 12.8 Å². The molecule has 1 aliphatic heterocycles. The quantitative estimate of drug-likeness (QED) is 0.841. The summed E-state index contributed by atoms with van der Waals surface area (Å²) in [5, 5.41) is 0. The van der Waals surface area contributed by atoms with Crippen molar-refractivity contribution in [3.63, 3.8) is 0 Å². The van der Waals surface area contributed by atoms with Gasteiger partial charge in [-0.1, -0.05) is 6.92 Å². The Labute approximate surface area is 119 Å². The number of hydrogen-bond acceptors (Lipinski definition) is 2. The molecule has 3 rings (SSSR count). The first kappa shape index (κ1) is 13.2. The smallest absolute Gasteiger partial charge is 0.228 e. The number of pyridine rings is 1. The number of carbonyl (C=O) groups excluding carboxylic acids is 1. The molecule has 0 unspecified atom stereocenters. The van der Waals surface area contributed by atoms with Crippen LogP contribution in [0.3, 0.4) is 0 Å². The van der Waals surface area contributed by atoms with Crippen LogP contribution in [0.25, 0.3) is 5.65 Å². The van der Waals surface area contributed by atoms with E-state index in [1.54, 1.807) is 0 Å². The number of amides is 1. The zero-order valence-electron chi connectivity index (χ0n) is 12.2. The maximum Gasteiger partial charge on any atom is 0.228 e. The highest BCUT2D eigenvalue weighted by atomic mass is 16.2. The van der Waals surface area contributed by atoms with Gasteiger partial charge in [-0.05, 0) is 43.4 Å². The first-order valence-corrected chi connectivity index (χ1v) is 7.34. The van der Waals surface area contributed by atoms with E-state index in [-0.39, 0.29) is 5.91 Å². The van der Waals surface area contributed by atoms with E-state index in [1.807, 2.05) is 33.8 Å². The number of aromatic nitrogens is 2. The highest BCUT2D eigenvalue weighted by Crippen LogP contribution is 2.17. The normalized spacial score (nSPS) is 16.8. The van der Waals surface area contributed by atoms with E-state index >= 15 is 0 Å². The number of piperidine rings is 1. The zero-order valence-corrected chi connectivity index (χ0v) is 12.2. The van der Waals surface area contributed by atoms with Gasteiger partial charge in [0.25, 0.3) is 0 Å². The lowest BCUT2D eigenvalue weighted by atomic mass is 9.99. The number of hydrogen-bond donors (Lipinski definition) is 0. The molecule has 0 radical (unpaired) electrons. The third-order valence-electron chi connectivity index (χ3n) is 4.13. The predicted octanol–water partition coefficient (Wildman–Crippen LogP) is 2.44. The van der Waals surface area contributed by atoms with Gasteiger partial charge in [0.1, 0.15) is 5.65 Å². The number of imidazole rings is 1. The Bertz CT molecular complexity index is 624. The molecule has 4 heteroatoms. The highest BCUT2D eigenvalue weighted by molar-refractivity contribution is 5.78. The second-order valence-electron chi connectivity index (χ2n) is 5.94. The van der Waals surface area contributed by atoms with Crippen LogP contribution in [0.1, 0.15) is 31.0 Å². The minimum Gasteiger partial charge on any atom is -0.342 e. The van der Waals surface area contributed by atoms with Gasteiger partial charge >= 0.3 is 0 Å². The molecule has 20 heavy (non-hydrogen) atoms. The van der Waals surface area contributed by atoms with E-state index in [2.05, 4.69) is 18.8 Å². The van der Waals surface area contributed by atoms with Crippen molar-refractivity contribution in [3.8, 4) is 0 Å². The fourth-order valence-corrected chi connectivity index (χ4v) is 2.75. The average Bonchev–Trinajstić information content (AvgIpc) is 2.80. The fourth-order valence-electron chi connectivity index (χ4n) is 2.75. The summed E-state index contributed by atoms with van der Waals surface area (Å²) in [5.41, 5.74) is 2.96. The van der Waals surface area contributed by atoms with Crippen molar-refractivity contribution >= 4 is 11.6 Å². The predicted molar refractivity (Wildman–Crippen MR) is 78.6 cm³/mol. The number of fused-ring (bicyclic) bond motifs is 1. The number of likely N-dealkylation sites (tertiary alicyclic amines) is 1. The van der Waals surface area contributed by atoms with Crippen LogP contribution < -0.4 is 0 Å². The SMILES string of the molecule is Cc1ccn2cc(CC(=O)N3CCC(C)CC3)nc2c1. The van der Waals surface area contributed by atoms with Crippen LogP contribution in [0.4, 0.5) is 0 Å². The molecule has 0 aromatic carbocycles. The Morgan fingerprint density at radius 2 is 2.15 bits per heavy atom. The van der Waals surface area contributed by atoms with Crippen molar-refractivity contribution in [2.75, 3.05) is 13.1 Å². The number of nitrogens with zero attached hydrogens (tertiary/aromatic N) is 3. The molecule has 0 atom stereocenters. The third kappa shape index (κ3) is 2.69. The molecule has 0 aliphatic carbocycles. The second kappa shape index (κ2) is 5.27. The molecule has 1 aliphatic rings. The maximum absolute atomic E-state index is 12.3. The number of rotatable bonds is 2. The van der Waals surface area contributed by atoms with Crippen molar-refractivity contribution in [2.45, 2.75) is 33.1 Å². The van der Waals surface area contributed by atoms with Crippen molar-refractivity contribution in [3.05, 3.63) is 35.8 Å². The van der Waals surface area contributed by atoms with Gasteiger partial charge in [-0.3, -0.25) is 4.79 Å². The maximum atomic E-state index is 12.3. The largest absolute Gasteiger partial charge is 0.342 e. The molecule has 1 amide bonds. The van der Waals surface area contributed by atoms with Crippen LogP contribution in [-0.2, 0) is 11.2 Å².